The molecule has 1 aromatic rings. The third-order valence-corrected chi connectivity index (χ3v) is 5.74. The van der Waals surface area contributed by atoms with E-state index in [1.54, 1.807) is 17.8 Å². The quantitative estimate of drug-likeness (QED) is 0.816. The zero-order valence-corrected chi connectivity index (χ0v) is 13.5. The number of anilines is 1. The summed E-state index contributed by atoms with van der Waals surface area (Å²) in [5.41, 5.74) is 1.30. The Bertz CT molecular complexity index is 484. The highest BCUT2D eigenvalue weighted by molar-refractivity contribution is 8.14. The second kappa shape index (κ2) is 6.38. The predicted octanol–water partition coefficient (Wildman–Crippen LogP) is 5.31. The van der Waals surface area contributed by atoms with Gasteiger partial charge in [0.05, 0.1) is 10.0 Å². The number of halogens is 2. The molecule has 1 N–H and O–H groups in total. The highest BCUT2D eigenvalue weighted by Crippen LogP contribution is 2.35. The van der Waals surface area contributed by atoms with Gasteiger partial charge in [-0.3, -0.25) is 4.99 Å². The molecule has 0 atom stereocenters. The number of benzene rings is 1. The Hall–Kier alpha value is -0.380. The topological polar surface area (TPSA) is 24.4 Å². The third-order valence-electron chi connectivity index (χ3n) is 3.74. The van der Waals surface area contributed by atoms with E-state index in [0.717, 1.165) is 23.2 Å². The van der Waals surface area contributed by atoms with Crippen LogP contribution in [-0.4, -0.2) is 17.5 Å². The molecular formula is C14H18Cl2N2S. The van der Waals surface area contributed by atoms with Crippen LogP contribution in [0.5, 0.6) is 0 Å². The summed E-state index contributed by atoms with van der Waals surface area (Å²) in [7, 11) is 0. The lowest BCUT2D eigenvalue weighted by atomic mass is 9.84. The van der Waals surface area contributed by atoms with Crippen molar-refractivity contribution in [2.24, 2.45) is 10.4 Å². The van der Waals surface area contributed by atoms with E-state index in [1.165, 1.54) is 12.8 Å². The van der Waals surface area contributed by atoms with Gasteiger partial charge in [-0.1, -0.05) is 48.8 Å². The second-order valence-electron chi connectivity index (χ2n) is 4.87. The van der Waals surface area contributed by atoms with E-state index in [4.69, 9.17) is 23.2 Å². The summed E-state index contributed by atoms with van der Waals surface area (Å²) in [5, 5.41) is 5.40. The van der Waals surface area contributed by atoms with Gasteiger partial charge in [-0.2, -0.15) is 0 Å². The molecule has 19 heavy (non-hydrogen) atoms. The molecule has 104 valence electrons. The maximum Gasteiger partial charge on any atom is 0.161 e. The van der Waals surface area contributed by atoms with Crippen LogP contribution in [0.25, 0.3) is 0 Å². The lowest BCUT2D eigenvalue weighted by Crippen LogP contribution is -2.32. The van der Waals surface area contributed by atoms with Gasteiger partial charge in [-0.25, -0.2) is 0 Å². The predicted molar refractivity (Wildman–Crippen MR) is 87.9 cm³/mol. The lowest BCUT2D eigenvalue weighted by Gasteiger charge is -2.33. The minimum atomic E-state index is 0.369. The van der Waals surface area contributed by atoms with Crippen molar-refractivity contribution < 1.29 is 0 Å². The Kier molecular flexibility index (Phi) is 5.04. The van der Waals surface area contributed by atoms with Crippen molar-refractivity contribution in [3.05, 3.63) is 28.2 Å². The monoisotopic (exact) mass is 316 g/mol. The van der Waals surface area contributed by atoms with Crippen molar-refractivity contribution in [2.75, 3.05) is 17.6 Å². The fourth-order valence-electron chi connectivity index (χ4n) is 2.00. The summed E-state index contributed by atoms with van der Waals surface area (Å²) < 4.78 is 0. The Morgan fingerprint density at radius 3 is 2.53 bits per heavy atom. The summed E-state index contributed by atoms with van der Waals surface area (Å²) in [5.74, 6) is 1.12. The van der Waals surface area contributed by atoms with Gasteiger partial charge in [0.15, 0.2) is 5.17 Å². The highest BCUT2D eigenvalue weighted by Gasteiger charge is 2.30. The van der Waals surface area contributed by atoms with Crippen LogP contribution in [-0.2, 0) is 0 Å². The zero-order chi connectivity index (χ0) is 13.9. The molecule has 1 aliphatic heterocycles. The first-order valence-electron chi connectivity index (χ1n) is 6.48. The number of hydrogen-bond acceptors (Lipinski definition) is 3. The van der Waals surface area contributed by atoms with Crippen LogP contribution in [0.1, 0.15) is 26.7 Å². The first kappa shape index (κ1) is 15.0. The smallest absolute Gasteiger partial charge is 0.161 e. The number of aliphatic imine (C=N–C) groups is 1. The molecule has 0 bridgehead atoms. The third kappa shape index (κ3) is 3.59. The molecule has 0 amide bonds. The molecule has 1 aromatic carbocycles. The van der Waals surface area contributed by atoms with Crippen molar-refractivity contribution in [3.63, 3.8) is 0 Å². The fourth-order valence-corrected chi connectivity index (χ4v) is 3.59. The molecule has 0 radical (unpaired) electrons. The first-order chi connectivity index (χ1) is 9.08. The summed E-state index contributed by atoms with van der Waals surface area (Å²) in [4.78, 5) is 4.66. The van der Waals surface area contributed by atoms with E-state index in [9.17, 15) is 0 Å². The maximum absolute atomic E-state index is 6.00. The van der Waals surface area contributed by atoms with Gasteiger partial charge in [-0.15, -0.1) is 0 Å². The van der Waals surface area contributed by atoms with E-state index in [2.05, 4.69) is 24.2 Å². The van der Waals surface area contributed by atoms with Gasteiger partial charge in [0.1, 0.15) is 0 Å². The van der Waals surface area contributed by atoms with Gasteiger partial charge in [0.2, 0.25) is 0 Å². The highest BCUT2D eigenvalue weighted by atomic mass is 35.5. The van der Waals surface area contributed by atoms with Crippen LogP contribution >= 0.6 is 35.0 Å². The van der Waals surface area contributed by atoms with Crippen LogP contribution in [0.15, 0.2) is 23.2 Å². The molecule has 0 saturated carbocycles. The molecule has 5 heteroatoms. The molecule has 0 aromatic heterocycles. The Balaban J connectivity index is 2.05. The minimum absolute atomic E-state index is 0.369. The van der Waals surface area contributed by atoms with E-state index in [0.29, 0.717) is 15.5 Å². The number of nitrogens with one attached hydrogen (secondary N) is 1. The van der Waals surface area contributed by atoms with E-state index in [-0.39, 0.29) is 0 Å². The molecule has 0 unspecified atom stereocenters. The van der Waals surface area contributed by atoms with Crippen LogP contribution in [0.3, 0.4) is 0 Å². The Morgan fingerprint density at radius 2 is 2.00 bits per heavy atom. The van der Waals surface area contributed by atoms with Crippen molar-refractivity contribution in [1.82, 2.24) is 0 Å². The number of nitrogens with zero attached hydrogens (tertiary/aromatic N) is 1. The number of thioether (sulfide) groups is 1. The summed E-state index contributed by atoms with van der Waals surface area (Å²) in [6.45, 7) is 5.39. The minimum Gasteiger partial charge on any atom is -0.335 e. The van der Waals surface area contributed by atoms with Crippen molar-refractivity contribution >= 4 is 45.8 Å². The number of hydrogen-bond donors (Lipinski definition) is 1. The molecule has 0 spiro atoms. The molecular weight excluding hydrogens is 299 g/mol. The zero-order valence-electron chi connectivity index (χ0n) is 11.2. The molecule has 0 aliphatic carbocycles. The Labute approximate surface area is 129 Å². The summed E-state index contributed by atoms with van der Waals surface area (Å²) >= 11 is 13.7. The van der Waals surface area contributed by atoms with Gasteiger partial charge in [0.25, 0.3) is 0 Å². The fraction of sp³-hybridized carbons (Fsp3) is 0.500. The average molecular weight is 317 g/mol. The van der Waals surface area contributed by atoms with Gasteiger partial charge in [-0.05, 0) is 36.5 Å². The molecule has 0 saturated heterocycles. The second-order valence-corrected chi connectivity index (χ2v) is 6.65. The SMILES string of the molecule is CCC1(CC)CN=C(Nc2ccc(Cl)c(Cl)c2)SC1. The summed E-state index contributed by atoms with van der Waals surface area (Å²) in [6, 6.07) is 5.54. The number of rotatable bonds is 3. The van der Waals surface area contributed by atoms with Crippen LogP contribution in [0.4, 0.5) is 5.69 Å². The molecule has 2 rings (SSSR count). The largest absolute Gasteiger partial charge is 0.335 e. The van der Waals surface area contributed by atoms with Crippen LogP contribution in [0, 0.1) is 5.41 Å². The normalized spacial score (nSPS) is 18.0. The standard InChI is InChI=1S/C14H18Cl2N2S/c1-3-14(4-2)8-17-13(19-9-14)18-10-5-6-11(15)12(16)7-10/h5-7H,3-4,8-9H2,1-2H3,(H,17,18). The molecule has 0 fully saturated rings. The molecule has 2 nitrogen and oxygen atoms in total. The Morgan fingerprint density at radius 1 is 1.26 bits per heavy atom. The van der Waals surface area contributed by atoms with Crippen LogP contribution < -0.4 is 5.32 Å². The van der Waals surface area contributed by atoms with E-state index < -0.39 is 0 Å². The van der Waals surface area contributed by atoms with E-state index in [1.807, 2.05) is 12.1 Å². The number of amidine groups is 1. The first-order valence-corrected chi connectivity index (χ1v) is 8.22. The lowest BCUT2D eigenvalue weighted by molar-refractivity contribution is 0.318. The van der Waals surface area contributed by atoms with Gasteiger partial charge >= 0.3 is 0 Å². The molecule has 1 aliphatic rings. The average Bonchev–Trinajstić information content (AvgIpc) is 2.44. The van der Waals surface area contributed by atoms with Gasteiger partial charge < -0.3 is 5.32 Å². The van der Waals surface area contributed by atoms with Crippen molar-refractivity contribution in [2.45, 2.75) is 26.7 Å². The van der Waals surface area contributed by atoms with Crippen LogP contribution in [0.2, 0.25) is 10.0 Å². The molecule has 1 heterocycles. The van der Waals surface area contributed by atoms with Crippen molar-refractivity contribution in [1.29, 1.82) is 0 Å². The van der Waals surface area contributed by atoms with Gasteiger partial charge in [0, 0.05) is 18.0 Å². The van der Waals surface area contributed by atoms with Crippen molar-refractivity contribution in [3.8, 4) is 0 Å². The summed E-state index contributed by atoms with van der Waals surface area (Å²) in [6.07, 6.45) is 2.36. The van der Waals surface area contributed by atoms with E-state index >= 15 is 0 Å². The maximum atomic E-state index is 6.00.